The predicted octanol–water partition coefficient (Wildman–Crippen LogP) is -2.23. The molecule has 1 rings (SSSR count). The third-order valence-electron chi connectivity index (χ3n) is 2.18. The van der Waals surface area contributed by atoms with Crippen LogP contribution in [-0.2, 0) is 9.53 Å². The fraction of sp³-hybridized carbons (Fsp3) is 0.875. The highest BCUT2D eigenvalue weighted by molar-refractivity contribution is 5.76. The summed E-state index contributed by atoms with van der Waals surface area (Å²) in [5, 5.41) is 36.8. The van der Waals surface area contributed by atoms with Crippen LogP contribution in [-0.4, -0.2) is 56.9 Å². The number of ether oxygens (including phenoxy) is 1. The molecule has 0 saturated carbocycles. The lowest BCUT2D eigenvalue weighted by atomic mass is 9.96. The maximum atomic E-state index is 10.7. The van der Waals surface area contributed by atoms with Gasteiger partial charge in [-0.1, -0.05) is 0 Å². The van der Waals surface area contributed by atoms with E-state index in [2.05, 4.69) is 0 Å². The van der Waals surface area contributed by atoms with Gasteiger partial charge in [-0.3, -0.25) is 4.79 Å². The van der Waals surface area contributed by atoms with Crippen LogP contribution in [0.25, 0.3) is 0 Å². The smallest absolute Gasteiger partial charge is 0.183 e. The quantitative estimate of drug-likeness (QED) is 0.407. The van der Waals surface area contributed by atoms with E-state index in [0.29, 0.717) is 0 Å². The van der Waals surface area contributed by atoms with E-state index in [1.54, 1.807) is 0 Å². The molecular weight excluding hydrogens is 192 g/mol. The van der Waals surface area contributed by atoms with E-state index in [4.69, 9.17) is 14.9 Å². The highest BCUT2D eigenvalue weighted by Gasteiger charge is 2.43. The standard InChI is InChI=1S/C8H14O6/c1-3(9)2-4-5(10)6(11)7(12)8(13)14-4/h4-8,10-13H,2H2,1H3/t4-,5-,6-,7+,8-/m1/s1. The number of ketones is 1. The topological polar surface area (TPSA) is 107 Å². The van der Waals surface area contributed by atoms with Crippen LogP contribution in [0.2, 0.25) is 0 Å². The van der Waals surface area contributed by atoms with Gasteiger partial charge in [-0.2, -0.15) is 0 Å². The second-order valence-electron chi connectivity index (χ2n) is 3.44. The minimum atomic E-state index is -1.57. The summed E-state index contributed by atoms with van der Waals surface area (Å²) in [4.78, 5) is 10.7. The number of aliphatic hydroxyl groups is 4. The van der Waals surface area contributed by atoms with Gasteiger partial charge >= 0.3 is 0 Å². The first-order valence-electron chi connectivity index (χ1n) is 4.30. The van der Waals surface area contributed by atoms with E-state index in [0.717, 1.165) is 0 Å². The van der Waals surface area contributed by atoms with Gasteiger partial charge in [-0.05, 0) is 6.92 Å². The van der Waals surface area contributed by atoms with E-state index in [1.165, 1.54) is 6.92 Å². The van der Waals surface area contributed by atoms with Gasteiger partial charge in [0.05, 0.1) is 6.10 Å². The summed E-state index contributed by atoms with van der Waals surface area (Å²) >= 11 is 0. The molecule has 14 heavy (non-hydrogen) atoms. The lowest BCUT2D eigenvalue weighted by Crippen LogP contribution is -2.57. The fourth-order valence-corrected chi connectivity index (χ4v) is 1.38. The van der Waals surface area contributed by atoms with Crippen molar-refractivity contribution < 1.29 is 30.0 Å². The predicted molar refractivity (Wildman–Crippen MR) is 44.2 cm³/mol. The molecule has 1 saturated heterocycles. The molecule has 0 amide bonds. The Bertz CT molecular complexity index is 218. The Morgan fingerprint density at radius 1 is 1.14 bits per heavy atom. The summed E-state index contributed by atoms with van der Waals surface area (Å²) in [6.07, 6.45) is -7.06. The Hall–Kier alpha value is -0.530. The molecule has 0 aromatic carbocycles. The molecule has 4 N–H and O–H groups in total. The van der Waals surface area contributed by atoms with Crippen molar-refractivity contribution in [2.24, 2.45) is 0 Å². The van der Waals surface area contributed by atoms with E-state index in [1.807, 2.05) is 0 Å². The lowest BCUT2D eigenvalue weighted by Gasteiger charge is -2.37. The maximum Gasteiger partial charge on any atom is 0.183 e. The van der Waals surface area contributed by atoms with Crippen LogP contribution in [0.15, 0.2) is 0 Å². The first kappa shape index (κ1) is 11.5. The van der Waals surface area contributed by atoms with Gasteiger partial charge in [0.15, 0.2) is 6.29 Å². The molecule has 1 aliphatic rings. The molecular formula is C8H14O6. The zero-order valence-corrected chi connectivity index (χ0v) is 7.70. The summed E-state index contributed by atoms with van der Waals surface area (Å²) in [6, 6.07) is 0. The highest BCUT2D eigenvalue weighted by atomic mass is 16.6. The molecule has 1 fully saturated rings. The number of aliphatic hydroxyl groups excluding tert-OH is 4. The van der Waals surface area contributed by atoms with E-state index < -0.39 is 30.7 Å². The first-order chi connectivity index (χ1) is 6.43. The molecule has 82 valence electrons. The van der Waals surface area contributed by atoms with Crippen molar-refractivity contribution in [3.8, 4) is 0 Å². The van der Waals surface area contributed by atoms with Gasteiger partial charge in [-0.25, -0.2) is 0 Å². The number of Topliss-reactive ketones (excluding diaryl/α,β-unsaturated/α-hetero) is 1. The molecule has 1 aliphatic heterocycles. The van der Waals surface area contributed by atoms with Gasteiger partial charge in [0, 0.05) is 6.42 Å². The Morgan fingerprint density at radius 2 is 1.71 bits per heavy atom. The molecule has 1 heterocycles. The van der Waals surface area contributed by atoms with Crippen LogP contribution in [0.1, 0.15) is 13.3 Å². The number of hydrogen-bond donors (Lipinski definition) is 4. The van der Waals surface area contributed by atoms with Crippen LogP contribution in [0.4, 0.5) is 0 Å². The molecule has 0 bridgehead atoms. The van der Waals surface area contributed by atoms with Crippen LogP contribution in [0.3, 0.4) is 0 Å². The van der Waals surface area contributed by atoms with Crippen molar-refractivity contribution in [2.75, 3.05) is 0 Å². The van der Waals surface area contributed by atoms with Crippen molar-refractivity contribution in [1.82, 2.24) is 0 Å². The van der Waals surface area contributed by atoms with Crippen molar-refractivity contribution in [1.29, 1.82) is 0 Å². The molecule has 0 spiro atoms. The first-order valence-corrected chi connectivity index (χ1v) is 4.30. The monoisotopic (exact) mass is 206 g/mol. The van der Waals surface area contributed by atoms with Crippen LogP contribution in [0, 0.1) is 0 Å². The molecule has 0 unspecified atom stereocenters. The molecule has 0 aromatic heterocycles. The zero-order chi connectivity index (χ0) is 10.9. The highest BCUT2D eigenvalue weighted by Crippen LogP contribution is 2.21. The van der Waals surface area contributed by atoms with E-state index in [-0.39, 0.29) is 12.2 Å². The molecule has 0 aromatic rings. The minimum Gasteiger partial charge on any atom is -0.388 e. The molecule has 5 atom stereocenters. The number of hydrogen-bond acceptors (Lipinski definition) is 6. The van der Waals surface area contributed by atoms with Gasteiger partial charge < -0.3 is 25.2 Å². The zero-order valence-electron chi connectivity index (χ0n) is 7.70. The van der Waals surface area contributed by atoms with Crippen molar-refractivity contribution in [3.63, 3.8) is 0 Å². The summed E-state index contributed by atoms with van der Waals surface area (Å²) in [7, 11) is 0. The number of carbonyl (C=O) groups is 1. The van der Waals surface area contributed by atoms with Gasteiger partial charge in [0.25, 0.3) is 0 Å². The summed E-state index contributed by atoms with van der Waals surface area (Å²) in [5.74, 6) is -0.232. The number of carbonyl (C=O) groups excluding carboxylic acids is 1. The summed E-state index contributed by atoms with van der Waals surface area (Å²) < 4.78 is 4.77. The summed E-state index contributed by atoms with van der Waals surface area (Å²) in [6.45, 7) is 1.31. The average Bonchev–Trinajstić information content (AvgIpc) is 2.10. The molecule has 6 heteroatoms. The van der Waals surface area contributed by atoms with Crippen LogP contribution in [0.5, 0.6) is 0 Å². The largest absolute Gasteiger partial charge is 0.388 e. The second-order valence-corrected chi connectivity index (χ2v) is 3.44. The van der Waals surface area contributed by atoms with Gasteiger partial charge in [0.2, 0.25) is 0 Å². The SMILES string of the molecule is CC(=O)C[C@H]1O[C@@H](O)[C@@H](O)[C@H](O)[C@@H]1O. The van der Waals surface area contributed by atoms with Crippen LogP contribution < -0.4 is 0 Å². The molecule has 0 aliphatic carbocycles. The third-order valence-corrected chi connectivity index (χ3v) is 2.18. The summed E-state index contributed by atoms with van der Waals surface area (Å²) in [5.41, 5.74) is 0. The number of rotatable bonds is 2. The Labute approximate surface area is 80.7 Å². The van der Waals surface area contributed by atoms with E-state index >= 15 is 0 Å². The third kappa shape index (κ3) is 2.28. The Kier molecular flexibility index (Phi) is 3.57. The second kappa shape index (κ2) is 4.33. The maximum absolute atomic E-state index is 10.7. The normalized spacial score (nSPS) is 43.6. The van der Waals surface area contributed by atoms with E-state index in [9.17, 15) is 15.0 Å². The van der Waals surface area contributed by atoms with Gasteiger partial charge in [-0.15, -0.1) is 0 Å². The Balaban J connectivity index is 2.65. The molecule has 6 nitrogen and oxygen atoms in total. The van der Waals surface area contributed by atoms with Crippen molar-refractivity contribution in [3.05, 3.63) is 0 Å². The fourth-order valence-electron chi connectivity index (χ4n) is 1.38. The van der Waals surface area contributed by atoms with Crippen LogP contribution >= 0.6 is 0 Å². The van der Waals surface area contributed by atoms with Gasteiger partial charge in [0.1, 0.15) is 24.1 Å². The van der Waals surface area contributed by atoms with Crippen molar-refractivity contribution >= 4 is 5.78 Å². The van der Waals surface area contributed by atoms with Crippen molar-refractivity contribution in [2.45, 2.75) is 44.1 Å². The minimum absolute atomic E-state index is 0.109. The lowest BCUT2D eigenvalue weighted by molar-refractivity contribution is -0.281. The average molecular weight is 206 g/mol. The molecule has 0 radical (unpaired) electrons. The Morgan fingerprint density at radius 3 is 2.21 bits per heavy atom.